The molecule has 284 valence electrons. The molecule has 6 heterocycles. The average molecular weight is 752 g/mol. The molecule has 14 nitrogen and oxygen atoms in total. The first-order valence-electron chi connectivity index (χ1n) is 18.7. The SMILES string of the molecule is CC(C)(C)OC(=O)N1CCC[C@H]1c1ncc(-c2ccc(-c3cnc4cc(-c5cnc([C@@H]6CCCN6C(=O)O)n5COCC[Si](C)(C)C)cnc4n3)cc2)[nH]1. The number of amides is 2. The fourth-order valence-electron chi connectivity index (χ4n) is 7.06. The second-order valence-electron chi connectivity index (χ2n) is 16.3. The molecule has 7 rings (SSSR count). The lowest BCUT2D eigenvalue weighted by Crippen LogP contribution is -2.36. The van der Waals surface area contributed by atoms with Gasteiger partial charge in [-0.1, -0.05) is 43.9 Å². The molecule has 5 aromatic rings. The van der Waals surface area contributed by atoms with E-state index in [4.69, 9.17) is 29.4 Å². The van der Waals surface area contributed by atoms with Gasteiger partial charge < -0.3 is 24.1 Å². The van der Waals surface area contributed by atoms with Crippen LogP contribution in [0.3, 0.4) is 0 Å². The molecule has 0 saturated carbocycles. The van der Waals surface area contributed by atoms with Gasteiger partial charge in [0, 0.05) is 45.1 Å². The number of aromatic amines is 1. The van der Waals surface area contributed by atoms with E-state index < -0.39 is 19.8 Å². The zero-order valence-electron chi connectivity index (χ0n) is 31.9. The molecule has 0 aliphatic carbocycles. The number of imidazole rings is 2. The van der Waals surface area contributed by atoms with Gasteiger partial charge in [0.2, 0.25) is 0 Å². The van der Waals surface area contributed by atoms with Gasteiger partial charge in [0.15, 0.2) is 5.65 Å². The number of hydrogen-bond acceptors (Lipinski definition) is 9. The Bertz CT molecular complexity index is 2140. The molecule has 2 amide bonds. The standard InChI is InChI=1S/C39H49N9O5Si/c1-39(2,3)53-38(51)47-16-7-9-31(47)35-42-22-30(45-35)26-13-11-25(12-14-26)29-21-40-28-19-27(20-41-34(28)44-29)33-23-43-36(32-10-8-15-46(32)37(49)50)48(33)24-52-17-18-54(4,5)6/h11-14,19-23,31-32H,7-10,15-18,24H2,1-6H3,(H,42,45)(H,49,50)/t31-,32-/m0/s1. The smallest absolute Gasteiger partial charge is 0.410 e. The van der Waals surface area contributed by atoms with E-state index in [1.165, 1.54) is 4.90 Å². The number of rotatable bonds is 10. The van der Waals surface area contributed by atoms with Crippen LogP contribution in [-0.4, -0.2) is 94.9 Å². The lowest BCUT2D eigenvalue weighted by molar-refractivity contribution is 0.0218. The third-order valence-electron chi connectivity index (χ3n) is 9.88. The summed E-state index contributed by atoms with van der Waals surface area (Å²) < 4.78 is 13.8. The number of carbonyl (C=O) groups is 2. The minimum absolute atomic E-state index is 0.154. The number of carboxylic acid groups (broad SMARTS) is 1. The Labute approximate surface area is 316 Å². The minimum atomic E-state index is -1.29. The molecular weight excluding hydrogens is 703 g/mol. The maximum Gasteiger partial charge on any atom is 0.410 e. The van der Waals surface area contributed by atoms with Crippen molar-refractivity contribution in [1.29, 1.82) is 0 Å². The summed E-state index contributed by atoms with van der Waals surface area (Å²) in [6, 6.07) is 10.5. The van der Waals surface area contributed by atoms with Crippen LogP contribution in [0.25, 0.3) is 44.9 Å². The Morgan fingerprint density at radius 2 is 1.61 bits per heavy atom. The van der Waals surface area contributed by atoms with Crippen molar-refractivity contribution >= 4 is 31.4 Å². The molecule has 2 saturated heterocycles. The predicted molar refractivity (Wildman–Crippen MR) is 207 cm³/mol. The summed E-state index contributed by atoms with van der Waals surface area (Å²) in [4.78, 5) is 55.2. The number of nitrogens with one attached hydrogen (secondary N) is 1. The van der Waals surface area contributed by atoms with E-state index in [9.17, 15) is 14.7 Å². The van der Waals surface area contributed by atoms with Crippen LogP contribution < -0.4 is 0 Å². The van der Waals surface area contributed by atoms with Crippen molar-refractivity contribution in [3.63, 3.8) is 0 Å². The fraction of sp³-hybridized carbons (Fsp3) is 0.462. The number of nitrogens with zero attached hydrogens (tertiary/aromatic N) is 8. The van der Waals surface area contributed by atoms with Crippen molar-refractivity contribution in [1.82, 2.24) is 44.3 Å². The normalized spacial score (nSPS) is 17.8. The number of ether oxygens (including phenoxy) is 2. The van der Waals surface area contributed by atoms with E-state index in [0.29, 0.717) is 48.8 Å². The monoisotopic (exact) mass is 751 g/mol. The van der Waals surface area contributed by atoms with Crippen molar-refractivity contribution in [3.05, 3.63) is 66.8 Å². The molecule has 2 aliphatic heterocycles. The molecule has 4 aromatic heterocycles. The summed E-state index contributed by atoms with van der Waals surface area (Å²) in [5.74, 6) is 1.42. The number of hydrogen-bond donors (Lipinski definition) is 2. The first kappa shape index (κ1) is 37.2. The fourth-order valence-corrected chi connectivity index (χ4v) is 7.82. The third kappa shape index (κ3) is 8.16. The van der Waals surface area contributed by atoms with E-state index in [1.807, 2.05) is 55.7 Å². The maximum absolute atomic E-state index is 12.8. The van der Waals surface area contributed by atoms with Crippen LogP contribution in [0.15, 0.2) is 55.1 Å². The number of fused-ring (bicyclic) bond motifs is 1. The summed E-state index contributed by atoms with van der Waals surface area (Å²) in [5, 5.41) is 9.86. The highest BCUT2D eigenvalue weighted by Crippen LogP contribution is 2.35. The number of pyridine rings is 1. The second-order valence-corrected chi connectivity index (χ2v) is 21.9. The molecule has 15 heteroatoms. The van der Waals surface area contributed by atoms with Crippen LogP contribution in [-0.2, 0) is 16.2 Å². The van der Waals surface area contributed by atoms with Gasteiger partial charge >= 0.3 is 12.2 Å². The van der Waals surface area contributed by atoms with E-state index in [2.05, 4.69) is 29.6 Å². The van der Waals surface area contributed by atoms with Gasteiger partial charge in [0.05, 0.1) is 47.8 Å². The zero-order valence-corrected chi connectivity index (χ0v) is 32.9. The number of likely N-dealkylation sites (tertiary alicyclic amines) is 2. The highest BCUT2D eigenvalue weighted by Gasteiger charge is 2.36. The van der Waals surface area contributed by atoms with Crippen LogP contribution in [0.5, 0.6) is 0 Å². The largest absolute Gasteiger partial charge is 0.465 e. The minimum Gasteiger partial charge on any atom is -0.465 e. The van der Waals surface area contributed by atoms with Gasteiger partial charge in [0.25, 0.3) is 0 Å². The van der Waals surface area contributed by atoms with Gasteiger partial charge in [-0.3, -0.25) is 14.8 Å². The lowest BCUT2D eigenvalue weighted by atomic mass is 10.1. The number of aromatic nitrogens is 7. The maximum atomic E-state index is 12.8. The zero-order chi connectivity index (χ0) is 38.2. The van der Waals surface area contributed by atoms with Crippen LogP contribution in [0.1, 0.15) is 70.2 Å². The Balaban J connectivity index is 1.09. The quantitative estimate of drug-likeness (QED) is 0.105. The lowest BCUT2D eigenvalue weighted by Gasteiger charge is -2.27. The summed E-state index contributed by atoms with van der Waals surface area (Å²) in [5.41, 5.74) is 5.57. The summed E-state index contributed by atoms with van der Waals surface area (Å²) in [6.45, 7) is 14.6. The number of H-pyrrole nitrogens is 1. The van der Waals surface area contributed by atoms with Gasteiger partial charge in [0.1, 0.15) is 29.5 Å². The van der Waals surface area contributed by atoms with Crippen molar-refractivity contribution in [2.24, 2.45) is 0 Å². The van der Waals surface area contributed by atoms with Crippen molar-refractivity contribution in [2.75, 3.05) is 19.7 Å². The Hall–Kier alpha value is -5.15. The van der Waals surface area contributed by atoms with Crippen LogP contribution >= 0.6 is 0 Å². The molecule has 0 radical (unpaired) electrons. The highest BCUT2D eigenvalue weighted by molar-refractivity contribution is 6.76. The van der Waals surface area contributed by atoms with Crippen molar-refractivity contribution < 1.29 is 24.2 Å². The summed E-state index contributed by atoms with van der Waals surface area (Å²) in [6.07, 6.45) is 9.04. The van der Waals surface area contributed by atoms with Gasteiger partial charge in [-0.25, -0.2) is 29.5 Å². The molecule has 0 unspecified atom stereocenters. The van der Waals surface area contributed by atoms with Crippen LogP contribution in [0.4, 0.5) is 9.59 Å². The molecule has 2 fully saturated rings. The Morgan fingerprint density at radius 1 is 0.889 bits per heavy atom. The third-order valence-corrected chi connectivity index (χ3v) is 11.6. The van der Waals surface area contributed by atoms with Gasteiger partial charge in [-0.2, -0.15) is 0 Å². The molecule has 1 aromatic carbocycles. The number of benzene rings is 1. The summed E-state index contributed by atoms with van der Waals surface area (Å²) >= 11 is 0. The summed E-state index contributed by atoms with van der Waals surface area (Å²) in [7, 11) is -1.29. The van der Waals surface area contributed by atoms with Crippen molar-refractivity contribution in [2.45, 2.75) is 96.6 Å². The average Bonchev–Trinajstić information content (AvgIpc) is 3.95. The Kier molecular flexibility index (Phi) is 10.3. The van der Waals surface area contributed by atoms with E-state index in [0.717, 1.165) is 59.2 Å². The van der Waals surface area contributed by atoms with Gasteiger partial charge in [-0.15, -0.1) is 0 Å². The molecule has 2 N–H and O–H groups in total. The topological polar surface area (TPSA) is 164 Å². The van der Waals surface area contributed by atoms with E-state index in [1.54, 1.807) is 29.7 Å². The number of carbonyl (C=O) groups excluding carboxylic acids is 1. The molecule has 2 atom stereocenters. The van der Waals surface area contributed by atoms with Gasteiger partial charge in [-0.05, 0) is 64.1 Å². The van der Waals surface area contributed by atoms with Crippen LogP contribution in [0.2, 0.25) is 25.7 Å². The first-order chi connectivity index (χ1) is 25.7. The Morgan fingerprint density at radius 3 is 2.33 bits per heavy atom. The predicted octanol–water partition coefficient (Wildman–Crippen LogP) is 8.14. The molecule has 0 spiro atoms. The van der Waals surface area contributed by atoms with E-state index in [-0.39, 0.29) is 24.9 Å². The first-order valence-corrected chi connectivity index (χ1v) is 22.4. The molecule has 2 aliphatic rings. The molecule has 54 heavy (non-hydrogen) atoms. The van der Waals surface area contributed by atoms with Crippen molar-refractivity contribution in [3.8, 4) is 33.8 Å². The van der Waals surface area contributed by atoms with Crippen LogP contribution in [0, 0.1) is 0 Å². The highest BCUT2D eigenvalue weighted by atomic mass is 28.3. The second kappa shape index (κ2) is 14.9. The van der Waals surface area contributed by atoms with E-state index >= 15 is 0 Å². The molecule has 0 bridgehead atoms. The molecular formula is C39H49N9O5Si.